The molecule has 0 bridgehead atoms. The van der Waals surface area contributed by atoms with Crippen LogP contribution in [0.15, 0.2) is 42.5 Å². The molecule has 10 heteroatoms. The maximum Gasteiger partial charge on any atom is 0.453 e. The minimum absolute atomic E-state index is 0.0234. The van der Waals surface area contributed by atoms with E-state index in [9.17, 15) is 18.0 Å². The Morgan fingerprint density at radius 1 is 1.14 bits per heavy atom. The van der Waals surface area contributed by atoms with Crippen LogP contribution in [0.5, 0.6) is 0 Å². The molecule has 0 aliphatic carbocycles. The normalized spacial score (nSPS) is 17.5. The topological polar surface area (TPSA) is 75.4 Å². The van der Waals surface area contributed by atoms with Gasteiger partial charge in [-0.25, -0.2) is 0 Å². The van der Waals surface area contributed by atoms with Crippen molar-refractivity contribution in [3.8, 4) is 0 Å². The molecule has 1 fully saturated rings. The molecule has 1 aromatic carbocycles. The maximum atomic E-state index is 13.1. The molecule has 1 aliphatic heterocycles. The van der Waals surface area contributed by atoms with Gasteiger partial charge in [0.25, 0.3) is 5.82 Å². The number of carbonyl (C=O) groups is 1. The Hall–Kier alpha value is -3.17. The zero-order chi connectivity index (χ0) is 20.4. The Kier molecular flexibility index (Phi) is 5.08. The lowest BCUT2D eigenvalue weighted by molar-refractivity contribution is -0.146. The van der Waals surface area contributed by atoms with Crippen molar-refractivity contribution in [3.05, 3.63) is 53.9 Å². The van der Waals surface area contributed by atoms with E-state index in [0.29, 0.717) is 30.0 Å². The number of benzene rings is 1. The van der Waals surface area contributed by atoms with Gasteiger partial charge in [-0.3, -0.25) is 4.79 Å². The quantitative estimate of drug-likeness (QED) is 0.724. The Bertz CT molecular complexity index is 1000. The van der Waals surface area contributed by atoms with Gasteiger partial charge in [0.15, 0.2) is 5.65 Å². The number of nitrogens with one attached hydrogen (secondary N) is 1. The molecule has 3 aromatic rings. The number of carbonyl (C=O) groups excluding carboxylic acids is 1. The maximum absolute atomic E-state index is 13.1. The molecule has 4 rings (SSSR count). The van der Waals surface area contributed by atoms with Crippen molar-refractivity contribution in [2.45, 2.75) is 25.6 Å². The van der Waals surface area contributed by atoms with Crippen molar-refractivity contribution < 1.29 is 18.0 Å². The fraction of sp³-hybridized carbons (Fsp3) is 0.368. The number of piperidine rings is 1. The summed E-state index contributed by atoms with van der Waals surface area (Å²) in [6.45, 7) is 1.45. The van der Waals surface area contributed by atoms with E-state index in [1.165, 1.54) is 6.07 Å². The lowest BCUT2D eigenvalue weighted by atomic mass is 9.97. The molecule has 0 spiro atoms. The first-order valence-electron chi connectivity index (χ1n) is 9.28. The average Bonchev–Trinajstić information content (AvgIpc) is 3.16. The third-order valence-electron chi connectivity index (χ3n) is 4.93. The van der Waals surface area contributed by atoms with Gasteiger partial charge in [0.2, 0.25) is 5.91 Å². The first-order chi connectivity index (χ1) is 13.9. The second-order valence-corrected chi connectivity index (χ2v) is 6.97. The molecule has 1 amide bonds. The molecule has 1 N–H and O–H groups in total. The van der Waals surface area contributed by atoms with Crippen LogP contribution in [0.2, 0.25) is 0 Å². The van der Waals surface area contributed by atoms with E-state index in [-0.39, 0.29) is 17.5 Å². The van der Waals surface area contributed by atoms with Crippen molar-refractivity contribution in [2.75, 3.05) is 18.0 Å². The highest BCUT2D eigenvalue weighted by Gasteiger charge is 2.38. The summed E-state index contributed by atoms with van der Waals surface area (Å²) in [5.41, 5.74) is 1.03. The van der Waals surface area contributed by atoms with Crippen LogP contribution in [-0.2, 0) is 17.5 Å². The van der Waals surface area contributed by atoms with Crippen LogP contribution in [0.4, 0.5) is 19.0 Å². The molecule has 1 aliphatic rings. The Morgan fingerprint density at radius 2 is 1.93 bits per heavy atom. The fourth-order valence-corrected chi connectivity index (χ4v) is 3.45. The van der Waals surface area contributed by atoms with E-state index in [4.69, 9.17) is 0 Å². The van der Waals surface area contributed by atoms with Crippen LogP contribution in [0.25, 0.3) is 5.65 Å². The number of alkyl halides is 3. The molecule has 7 nitrogen and oxygen atoms in total. The van der Waals surface area contributed by atoms with Crippen LogP contribution >= 0.6 is 0 Å². The van der Waals surface area contributed by atoms with Gasteiger partial charge < -0.3 is 10.2 Å². The number of aromatic nitrogens is 4. The minimum atomic E-state index is -4.65. The van der Waals surface area contributed by atoms with E-state index in [2.05, 4.69) is 20.6 Å². The van der Waals surface area contributed by atoms with Crippen molar-refractivity contribution >= 4 is 17.4 Å². The number of rotatable bonds is 4. The second kappa shape index (κ2) is 7.69. The molecular weight excluding hydrogens is 385 g/mol. The molecule has 152 valence electrons. The van der Waals surface area contributed by atoms with Gasteiger partial charge in [-0.2, -0.15) is 17.7 Å². The first-order valence-corrected chi connectivity index (χ1v) is 9.28. The van der Waals surface area contributed by atoms with E-state index in [0.717, 1.165) is 18.4 Å². The molecule has 2 aromatic heterocycles. The fourth-order valence-electron chi connectivity index (χ4n) is 3.45. The SMILES string of the molecule is O=C(NCc1ccccc1)[C@@H]1CCCN(c2ccc3nnc(C(F)(F)F)n3n2)C1. The van der Waals surface area contributed by atoms with E-state index < -0.39 is 12.0 Å². The standard InChI is InChI=1S/C19H19F3N6O/c20-19(21,22)18-25-24-15-8-9-16(26-28(15)18)27-10-4-7-14(12-27)17(29)23-11-13-5-2-1-3-6-13/h1-3,5-6,8-9,14H,4,7,10-12H2,(H,23,29)/t14-/m1/s1. The summed E-state index contributed by atoms with van der Waals surface area (Å²) in [6, 6.07) is 12.7. The molecular formula is C19H19F3N6O. The first kappa shape index (κ1) is 19.2. The second-order valence-electron chi connectivity index (χ2n) is 6.97. The van der Waals surface area contributed by atoms with Crippen LogP contribution in [0.1, 0.15) is 24.2 Å². The predicted molar refractivity (Wildman–Crippen MR) is 99.0 cm³/mol. The van der Waals surface area contributed by atoms with Crippen molar-refractivity contribution in [3.63, 3.8) is 0 Å². The zero-order valence-electron chi connectivity index (χ0n) is 15.4. The van der Waals surface area contributed by atoms with Gasteiger partial charge in [-0.1, -0.05) is 30.3 Å². The summed E-state index contributed by atoms with van der Waals surface area (Å²) in [5.74, 6) is -1.13. The van der Waals surface area contributed by atoms with E-state index in [1.807, 2.05) is 35.2 Å². The highest BCUT2D eigenvalue weighted by Crippen LogP contribution is 2.28. The van der Waals surface area contributed by atoms with E-state index >= 15 is 0 Å². The molecule has 3 heterocycles. The highest BCUT2D eigenvalue weighted by molar-refractivity contribution is 5.79. The zero-order valence-corrected chi connectivity index (χ0v) is 15.4. The Labute approximate surface area is 164 Å². The van der Waals surface area contributed by atoms with Crippen LogP contribution in [0, 0.1) is 5.92 Å². The molecule has 29 heavy (non-hydrogen) atoms. The van der Waals surface area contributed by atoms with Gasteiger partial charge in [0, 0.05) is 19.6 Å². The number of halogens is 3. The third-order valence-corrected chi connectivity index (χ3v) is 4.93. The number of nitrogens with zero attached hydrogens (tertiary/aromatic N) is 5. The summed E-state index contributed by atoms with van der Waals surface area (Å²) in [4.78, 5) is 14.4. The molecule has 0 unspecified atom stereocenters. The smallest absolute Gasteiger partial charge is 0.354 e. The van der Waals surface area contributed by atoms with Crippen molar-refractivity contribution in [1.82, 2.24) is 25.1 Å². The molecule has 1 saturated heterocycles. The predicted octanol–water partition coefficient (Wildman–Crippen LogP) is 2.68. The van der Waals surface area contributed by atoms with Gasteiger partial charge in [0.1, 0.15) is 5.82 Å². The minimum Gasteiger partial charge on any atom is -0.354 e. The lowest BCUT2D eigenvalue weighted by Gasteiger charge is -2.32. The van der Waals surface area contributed by atoms with Crippen LogP contribution in [-0.4, -0.2) is 38.8 Å². The summed E-state index contributed by atoms with van der Waals surface area (Å²) in [6.07, 6.45) is -3.18. The largest absolute Gasteiger partial charge is 0.453 e. The number of anilines is 1. The van der Waals surface area contributed by atoms with Gasteiger partial charge in [0.05, 0.1) is 5.92 Å². The van der Waals surface area contributed by atoms with Crippen LogP contribution < -0.4 is 10.2 Å². The highest BCUT2D eigenvalue weighted by atomic mass is 19.4. The van der Waals surface area contributed by atoms with Crippen molar-refractivity contribution in [1.29, 1.82) is 0 Å². The summed E-state index contributed by atoms with van der Waals surface area (Å²) in [7, 11) is 0. The van der Waals surface area contributed by atoms with Gasteiger partial charge >= 0.3 is 6.18 Å². The Balaban J connectivity index is 1.47. The van der Waals surface area contributed by atoms with Gasteiger partial charge in [-0.15, -0.1) is 15.3 Å². The molecule has 1 atom stereocenters. The lowest BCUT2D eigenvalue weighted by Crippen LogP contribution is -2.43. The molecule has 0 radical (unpaired) electrons. The van der Waals surface area contributed by atoms with Gasteiger partial charge in [-0.05, 0) is 30.5 Å². The summed E-state index contributed by atoms with van der Waals surface area (Å²) >= 11 is 0. The average molecular weight is 404 g/mol. The Morgan fingerprint density at radius 3 is 2.69 bits per heavy atom. The molecule has 0 saturated carbocycles. The third kappa shape index (κ3) is 4.15. The number of hydrogen-bond donors (Lipinski definition) is 1. The monoisotopic (exact) mass is 404 g/mol. The number of amides is 1. The van der Waals surface area contributed by atoms with Crippen LogP contribution in [0.3, 0.4) is 0 Å². The number of fused-ring (bicyclic) bond motifs is 1. The number of hydrogen-bond acceptors (Lipinski definition) is 5. The summed E-state index contributed by atoms with van der Waals surface area (Å²) < 4.78 is 40.0. The van der Waals surface area contributed by atoms with Crippen molar-refractivity contribution in [2.24, 2.45) is 5.92 Å². The summed E-state index contributed by atoms with van der Waals surface area (Å²) in [5, 5.41) is 13.7. The van der Waals surface area contributed by atoms with E-state index in [1.54, 1.807) is 6.07 Å².